The number of aliphatic hydroxyl groups is 1. The summed E-state index contributed by atoms with van der Waals surface area (Å²) in [5.41, 5.74) is 1.48. The lowest BCUT2D eigenvalue weighted by Gasteiger charge is -2.35. The molecule has 2 N–H and O–H groups in total. The van der Waals surface area contributed by atoms with Gasteiger partial charge in [0.15, 0.2) is 5.01 Å². The number of benzene rings is 1. The van der Waals surface area contributed by atoms with Gasteiger partial charge in [0.25, 0.3) is 5.91 Å². The van der Waals surface area contributed by atoms with Gasteiger partial charge in [0.05, 0.1) is 23.5 Å². The fourth-order valence-electron chi connectivity index (χ4n) is 4.24. The minimum Gasteiger partial charge on any atom is -0.395 e. The van der Waals surface area contributed by atoms with Crippen LogP contribution in [0.5, 0.6) is 0 Å². The van der Waals surface area contributed by atoms with Crippen LogP contribution in [0.3, 0.4) is 0 Å². The number of halogens is 1. The number of hydrogen-bond donors (Lipinski definition) is 2. The molecule has 9 nitrogen and oxygen atoms in total. The van der Waals surface area contributed by atoms with Gasteiger partial charge in [0, 0.05) is 44.8 Å². The maximum Gasteiger partial charge on any atom is 0.284 e. The van der Waals surface area contributed by atoms with E-state index >= 15 is 0 Å². The first kappa shape index (κ1) is 26.3. The summed E-state index contributed by atoms with van der Waals surface area (Å²) in [7, 11) is 0. The van der Waals surface area contributed by atoms with Crippen LogP contribution >= 0.6 is 22.9 Å². The Labute approximate surface area is 220 Å². The van der Waals surface area contributed by atoms with Crippen molar-refractivity contribution in [2.75, 3.05) is 54.4 Å². The fourth-order valence-corrected chi connectivity index (χ4v) is 5.46. The summed E-state index contributed by atoms with van der Waals surface area (Å²) in [4.78, 5) is 33.4. The molecule has 192 valence electrons. The van der Waals surface area contributed by atoms with Gasteiger partial charge in [0.2, 0.25) is 0 Å². The standard InChI is InChI=1S/C25H32ClN7O2S/c1-16(2)33(21-14-20(28-18(4)29-21)32-10-8-31(9-11-32)12-13-34)22-15-27-25(36-22)24(35)30-23-17(3)6-5-7-19(23)26/h5-7,14-16,34H,8-13H2,1-4H3,(H,30,35). The van der Waals surface area contributed by atoms with Crippen LogP contribution in [0.25, 0.3) is 0 Å². The summed E-state index contributed by atoms with van der Waals surface area (Å²) in [6.45, 7) is 12.3. The molecule has 11 heteroatoms. The number of nitrogens with one attached hydrogen (secondary N) is 1. The Morgan fingerprint density at radius 3 is 2.64 bits per heavy atom. The lowest BCUT2D eigenvalue weighted by molar-refractivity contribution is 0.102. The van der Waals surface area contributed by atoms with E-state index in [1.807, 2.05) is 32.0 Å². The molecule has 2 aromatic heterocycles. The largest absolute Gasteiger partial charge is 0.395 e. The predicted molar refractivity (Wildman–Crippen MR) is 146 cm³/mol. The Morgan fingerprint density at radius 1 is 1.22 bits per heavy atom. The number of aliphatic hydroxyl groups excluding tert-OH is 1. The summed E-state index contributed by atoms with van der Waals surface area (Å²) in [5, 5.41) is 13.8. The van der Waals surface area contributed by atoms with Gasteiger partial charge in [-0.15, -0.1) is 0 Å². The third-order valence-electron chi connectivity index (χ3n) is 6.07. The monoisotopic (exact) mass is 529 g/mol. The number of hydrogen-bond acceptors (Lipinski definition) is 9. The fraction of sp³-hybridized carbons (Fsp3) is 0.440. The number of amides is 1. The van der Waals surface area contributed by atoms with Gasteiger partial charge in [-0.25, -0.2) is 15.0 Å². The predicted octanol–water partition coefficient (Wildman–Crippen LogP) is 4.12. The van der Waals surface area contributed by atoms with E-state index < -0.39 is 0 Å². The highest BCUT2D eigenvalue weighted by molar-refractivity contribution is 7.17. The first-order valence-corrected chi connectivity index (χ1v) is 13.2. The lowest BCUT2D eigenvalue weighted by atomic mass is 10.2. The molecule has 1 saturated heterocycles. The summed E-state index contributed by atoms with van der Waals surface area (Å²) in [6, 6.07) is 7.58. The van der Waals surface area contributed by atoms with Crippen molar-refractivity contribution in [2.24, 2.45) is 0 Å². The molecule has 1 amide bonds. The second-order valence-electron chi connectivity index (χ2n) is 9.04. The van der Waals surface area contributed by atoms with Gasteiger partial charge in [-0.05, 0) is 39.3 Å². The summed E-state index contributed by atoms with van der Waals surface area (Å²) in [6.07, 6.45) is 1.71. The molecule has 0 atom stereocenters. The zero-order chi connectivity index (χ0) is 25.8. The molecule has 3 aromatic rings. The molecule has 1 aliphatic rings. The SMILES string of the molecule is Cc1nc(N2CCN(CCO)CC2)cc(N(c2cnc(C(=O)Nc3c(C)cccc3Cl)s2)C(C)C)n1. The van der Waals surface area contributed by atoms with Crippen LogP contribution in [0.1, 0.15) is 35.0 Å². The highest BCUT2D eigenvalue weighted by atomic mass is 35.5. The summed E-state index contributed by atoms with van der Waals surface area (Å²) >= 11 is 7.60. The third kappa shape index (κ3) is 5.95. The molecule has 0 unspecified atom stereocenters. The first-order chi connectivity index (χ1) is 17.3. The first-order valence-electron chi connectivity index (χ1n) is 12.0. The Balaban J connectivity index is 1.56. The molecule has 0 aliphatic carbocycles. The second-order valence-corrected chi connectivity index (χ2v) is 10.5. The Kier molecular flexibility index (Phi) is 8.40. The van der Waals surface area contributed by atoms with E-state index in [1.165, 1.54) is 11.3 Å². The van der Waals surface area contributed by atoms with Crippen LogP contribution in [-0.4, -0.2) is 76.2 Å². The van der Waals surface area contributed by atoms with Crippen molar-refractivity contribution in [3.05, 3.63) is 51.9 Å². The van der Waals surface area contributed by atoms with Gasteiger partial charge in [-0.1, -0.05) is 35.1 Å². The van der Waals surface area contributed by atoms with Crippen LogP contribution in [0.4, 0.5) is 22.3 Å². The average molecular weight is 530 g/mol. The molecule has 0 spiro atoms. The zero-order valence-corrected chi connectivity index (χ0v) is 22.6. The van der Waals surface area contributed by atoms with Crippen molar-refractivity contribution in [1.29, 1.82) is 0 Å². The Hall–Kier alpha value is -2.79. The number of nitrogens with zero attached hydrogens (tertiary/aromatic N) is 6. The number of rotatable bonds is 8. The molecule has 1 fully saturated rings. The second kappa shape index (κ2) is 11.5. The van der Waals surface area contributed by atoms with Crippen LogP contribution in [0, 0.1) is 13.8 Å². The summed E-state index contributed by atoms with van der Waals surface area (Å²) in [5.74, 6) is 2.03. The van der Waals surface area contributed by atoms with E-state index in [1.54, 1.807) is 12.3 Å². The van der Waals surface area contributed by atoms with Gasteiger partial charge in [-0.3, -0.25) is 9.69 Å². The summed E-state index contributed by atoms with van der Waals surface area (Å²) < 4.78 is 0. The quantitative estimate of drug-likeness (QED) is 0.450. The number of para-hydroxylation sites is 1. The minimum atomic E-state index is -0.300. The lowest BCUT2D eigenvalue weighted by Crippen LogP contribution is -2.47. The van der Waals surface area contributed by atoms with Gasteiger partial charge in [0.1, 0.15) is 22.5 Å². The van der Waals surface area contributed by atoms with E-state index in [0.717, 1.165) is 48.4 Å². The van der Waals surface area contributed by atoms with Crippen molar-refractivity contribution in [3.8, 4) is 0 Å². The van der Waals surface area contributed by atoms with E-state index in [9.17, 15) is 9.90 Å². The highest BCUT2D eigenvalue weighted by Crippen LogP contribution is 2.34. The van der Waals surface area contributed by atoms with E-state index in [4.69, 9.17) is 21.6 Å². The number of aryl methyl sites for hydroxylation is 2. The number of carbonyl (C=O) groups is 1. The van der Waals surface area contributed by atoms with E-state index in [0.29, 0.717) is 28.1 Å². The molecule has 4 rings (SSSR count). The van der Waals surface area contributed by atoms with Gasteiger partial charge < -0.3 is 20.2 Å². The van der Waals surface area contributed by atoms with E-state index in [-0.39, 0.29) is 18.6 Å². The number of piperazine rings is 1. The maximum atomic E-state index is 13.0. The Bertz CT molecular complexity index is 1190. The van der Waals surface area contributed by atoms with Crippen molar-refractivity contribution in [1.82, 2.24) is 19.9 Å². The van der Waals surface area contributed by atoms with E-state index in [2.05, 4.69) is 38.8 Å². The van der Waals surface area contributed by atoms with Crippen LogP contribution in [0.2, 0.25) is 5.02 Å². The number of carbonyl (C=O) groups excluding carboxylic acids is 1. The molecule has 0 saturated carbocycles. The molecule has 1 aromatic carbocycles. The van der Waals surface area contributed by atoms with Crippen LogP contribution in [-0.2, 0) is 0 Å². The van der Waals surface area contributed by atoms with Crippen molar-refractivity contribution in [2.45, 2.75) is 33.7 Å². The Morgan fingerprint density at radius 2 is 1.97 bits per heavy atom. The average Bonchev–Trinajstić information content (AvgIpc) is 3.31. The number of aromatic nitrogens is 3. The number of thiazole rings is 1. The van der Waals surface area contributed by atoms with Crippen molar-refractivity contribution < 1.29 is 9.90 Å². The minimum absolute atomic E-state index is 0.0794. The van der Waals surface area contributed by atoms with Crippen molar-refractivity contribution >= 4 is 51.2 Å². The molecule has 36 heavy (non-hydrogen) atoms. The van der Waals surface area contributed by atoms with Crippen molar-refractivity contribution in [3.63, 3.8) is 0 Å². The molecule has 0 bridgehead atoms. The molecule has 1 aliphatic heterocycles. The number of β-amino-alcohol motifs (C(OH)–C–C–N with tert-alkyl or cyclic N) is 1. The molecule has 3 heterocycles. The van der Waals surface area contributed by atoms with Gasteiger partial charge in [-0.2, -0.15) is 0 Å². The normalized spacial score (nSPS) is 14.4. The molecular weight excluding hydrogens is 498 g/mol. The topological polar surface area (TPSA) is 97.7 Å². The third-order valence-corrected chi connectivity index (χ3v) is 7.38. The number of anilines is 4. The van der Waals surface area contributed by atoms with Crippen LogP contribution < -0.4 is 15.1 Å². The van der Waals surface area contributed by atoms with Crippen LogP contribution in [0.15, 0.2) is 30.5 Å². The molecular formula is C25H32ClN7O2S. The zero-order valence-electron chi connectivity index (χ0n) is 21.0. The molecule has 0 radical (unpaired) electrons. The smallest absolute Gasteiger partial charge is 0.284 e. The highest BCUT2D eigenvalue weighted by Gasteiger charge is 2.24. The maximum absolute atomic E-state index is 13.0. The van der Waals surface area contributed by atoms with Gasteiger partial charge >= 0.3 is 0 Å².